The molecule has 0 radical (unpaired) electrons. The van der Waals surface area contributed by atoms with E-state index >= 15 is 0 Å². The van der Waals surface area contributed by atoms with Crippen LogP contribution in [0.2, 0.25) is 0 Å². The molecule has 1 amide bonds. The third-order valence-electron chi connectivity index (χ3n) is 4.05. The number of alkyl halides is 3. The average molecular weight is 379 g/mol. The molecule has 1 heterocycles. The van der Waals surface area contributed by atoms with E-state index in [1.54, 1.807) is 0 Å². The van der Waals surface area contributed by atoms with Gasteiger partial charge in [-0.3, -0.25) is 13.8 Å². The van der Waals surface area contributed by atoms with Gasteiger partial charge in [0, 0.05) is 22.9 Å². The van der Waals surface area contributed by atoms with Gasteiger partial charge in [-0.05, 0) is 31.6 Å². The molecular formula is C15H20F3N3O3S. The molecule has 2 rings (SSSR count). The lowest BCUT2D eigenvalue weighted by atomic mass is 9.87. The van der Waals surface area contributed by atoms with Crippen molar-refractivity contribution in [1.82, 2.24) is 15.3 Å². The minimum Gasteiger partial charge on any atom is -0.353 e. The molecule has 0 unspecified atom stereocenters. The number of nitrogens with one attached hydrogen (secondary N) is 2. The Balaban J connectivity index is 1.90. The first-order chi connectivity index (χ1) is 11.6. The first kappa shape index (κ1) is 19.6. The molecule has 1 atom stereocenters. The van der Waals surface area contributed by atoms with Crippen LogP contribution in [-0.2, 0) is 27.5 Å². The van der Waals surface area contributed by atoms with Crippen molar-refractivity contribution < 1.29 is 22.2 Å². The highest BCUT2D eigenvalue weighted by atomic mass is 32.2. The van der Waals surface area contributed by atoms with E-state index in [9.17, 15) is 27.0 Å². The van der Waals surface area contributed by atoms with Crippen LogP contribution >= 0.6 is 0 Å². The molecule has 0 spiro atoms. The van der Waals surface area contributed by atoms with Crippen LogP contribution in [0.3, 0.4) is 0 Å². The summed E-state index contributed by atoms with van der Waals surface area (Å²) in [6.45, 7) is 2.15. The number of nitrogens with zero attached hydrogens (tertiary/aromatic N) is 1. The molecule has 140 valence electrons. The van der Waals surface area contributed by atoms with E-state index in [0.29, 0.717) is 12.0 Å². The number of halogens is 3. The minimum absolute atomic E-state index is 0.0483. The second kappa shape index (κ2) is 8.11. The number of amides is 1. The highest BCUT2D eigenvalue weighted by Gasteiger charge is 2.33. The Morgan fingerprint density at radius 2 is 2.00 bits per heavy atom. The number of hydrogen-bond donors (Lipinski definition) is 2. The molecule has 0 aromatic carbocycles. The van der Waals surface area contributed by atoms with Crippen LogP contribution in [0.25, 0.3) is 0 Å². The van der Waals surface area contributed by atoms with E-state index in [4.69, 9.17) is 0 Å². The Kier molecular flexibility index (Phi) is 6.36. The summed E-state index contributed by atoms with van der Waals surface area (Å²) < 4.78 is 49.9. The summed E-state index contributed by atoms with van der Waals surface area (Å²) in [6, 6.07) is 0.385. The van der Waals surface area contributed by atoms with Crippen LogP contribution in [0.5, 0.6) is 0 Å². The number of H-pyrrole nitrogens is 1. The van der Waals surface area contributed by atoms with E-state index < -0.39 is 39.9 Å². The molecule has 1 aromatic heterocycles. The van der Waals surface area contributed by atoms with Crippen LogP contribution in [-0.4, -0.2) is 31.9 Å². The van der Waals surface area contributed by atoms with Crippen LogP contribution in [0.4, 0.5) is 13.2 Å². The number of carbonyl (C=O) groups excluding carboxylic acids is 1. The summed E-state index contributed by atoms with van der Waals surface area (Å²) in [5, 5.41) is 2.80. The molecule has 0 saturated heterocycles. The van der Waals surface area contributed by atoms with Crippen LogP contribution in [0.15, 0.2) is 10.9 Å². The molecule has 1 aliphatic rings. The molecular weight excluding hydrogens is 359 g/mol. The summed E-state index contributed by atoms with van der Waals surface area (Å²) >= 11 is 0. The summed E-state index contributed by atoms with van der Waals surface area (Å²) in [4.78, 5) is 28.6. The fourth-order valence-corrected chi connectivity index (χ4v) is 3.66. The Labute approximate surface area is 145 Å². The smallest absolute Gasteiger partial charge is 0.353 e. The van der Waals surface area contributed by atoms with E-state index in [1.807, 2.05) is 0 Å². The highest BCUT2D eigenvalue weighted by molar-refractivity contribution is 7.84. The van der Waals surface area contributed by atoms with Gasteiger partial charge >= 0.3 is 6.18 Å². The quantitative estimate of drug-likeness (QED) is 0.815. The topological polar surface area (TPSA) is 91.9 Å². The van der Waals surface area contributed by atoms with E-state index in [0.717, 1.165) is 25.7 Å². The Hall–Kier alpha value is -1.71. The predicted molar refractivity (Wildman–Crippen MR) is 86.1 cm³/mol. The van der Waals surface area contributed by atoms with Gasteiger partial charge in [-0.25, -0.2) is 4.98 Å². The Morgan fingerprint density at radius 3 is 2.60 bits per heavy atom. The largest absolute Gasteiger partial charge is 0.433 e. The van der Waals surface area contributed by atoms with Gasteiger partial charge in [0.2, 0.25) is 5.91 Å². The monoisotopic (exact) mass is 379 g/mol. The van der Waals surface area contributed by atoms with Crippen molar-refractivity contribution in [3.8, 4) is 0 Å². The maximum absolute atomic E-state index is 12.6. The van der Waals surface area contributed by atoms with E-state index in [1.165, 1.54) is 0 Å². The second-order valence-electron chi connectivity index (χ2n) is 6.33. The zero-order valence-corrected chi connectivity index (χ0v) is 14.5. The van der Waals surface area contributed by atoms with E-state index in [-0.39, 0.29) is 17.6 Å². The van der Waals surface area contributed by atoms with Crippen molar-refractivity contribution in [3.63, 3.8) is 0 Å². The van der Waals surface area contributed by atoms with Crippen LogP contribution in [0.1, 0.15) is 44.1 Å². The summed E-state index contributed by atoms with van der Waals surface area (Å²) in [7, 11) is -1.77. The number of carbonyl (C=O) groups is 1. The third kappa shape index (κ3) is 6.26. The highest BCUT2D eigenvalue weighted by Crippen LogP contribution is 2.26. The van der Waals surface area contributed by atoms with Crippen molar-refractivity contribution in [1.29, 1.82) is 0 Å². The molecule has 25 heavy (non-hydrogen) atoms. The van der Waals surface area contributed by atoms with Gasteiger partial charge in [0.05, 0.1) is 5.75 Å². The lowest BCUT2D eigenvalue weighted by molar-refractivity contribution is -0.141. The molecule has 1 aromatic rings. The second-order valence-corrected chi connectivity index (χ2v) is 7.78. The number of rotatable bonds is 5. The van der Waals surface area contributed by atoms with Crippen molar-refractivity contribution in [2.45, 2.75) is 50.6 Å². The molecule has 0 bridgehead atoms. The van der Waals surface area contributed by atoms with Crippen molar-refractivity contribution in [2.24, 2.45) is 5.92 Å². The standard InChI is InChI=1S/C15H20F3N3O3S/c1-9-2-4-10(5-3-9)19-14(23)8-25(24)7-12-20-11(15(16,17)18)6-13(22)21-12/h6,9-10H,2-5,7-8H2,1H3,(H,19,23)(H,20,21,22)/t9?,10?,25-/m1/s1. The maximum atomic E-state index is 12.6. The van der Waals surface area contributed by atoms with Crippen LogP contribution < -0.4 is 10.9 Å². The fourth-order valence-electron chi connectivity index (χ4n) is 2.75. The molecule has 10 heteroatoms. The predicted octanol–water partition coefficient (Wildman–Crippen LogP) is 1.73. The van der Waals surface area contributed by atoms with Gasteiger partial charge in [0.15, 0.2) is 5.69 Å². The minimum atomic E-state index is -4.76. The first-order valence-corrected chi connectivity index (χ1v) is 9.44. The number of aromatic amines is 1. The number of aromatic nitrogens is 2. The molecule has 1 fully saturated rings. The van der Waals surface area contributed by atoms with Crippen molar-refractivity contribution >= 4 is 16.7 Å². The van der Waals surface area contributed by atoms with Gasteiger partial charge in [0.1, 0.15) is 11.6 Å². The maximum Gasteiger partial charge on any atom is 0.433 e. The van der Waals surface area contributed by atoms with Crippen molar-refractivity contribution in [2.75, 3.05) is 5.75 Å². The summed E-state index contributed by atoms with van der Waals surface area (Å²) in [5.74, 6) is -0.893. The van der Waals surface area contributed by atoms with Gasteiger partial charge in [-0.2, -0.15) is 13.2 Å². The Bertz CT molecular complexity index is 697. The summed E-state index contributed by atoms with van der Waals surface area (Å²) in [5.41, 5.74) is -2.32. The molecule has 2 N–H and O–H groups in total. The zero-order valence-electron chi connectivity index (χ0n) is 13.7. The lowest BCUT2D eigenvalue weighted by Gasteiger charge is -2.26. The normalized spacial score (nSPS) is 22.4. The van der Waals surface area contributed by atoms with Gasteiger partial charge in [-0.15, -0.1) is 0 Å². The molecule has 1 saturated carbocycles. The average Bonchev–Trinajstić information content (AvgIpc) is 2.47. The van der Waals surface area contributed by atoms with Crippen molar-refractivity contribution in [3.05, 3.63) is 27.9 Å². The first-order valence-electron chi connectivity index (χ1n) is 7.95. The fraction of sp³-hybridized carbons (Fsp3) is 0.667. The number of hydrogen-bond acceptors (Lipinski definition) is 4. The Morgan fingerprint density at radius 1 is 1.36 bits per heavy atom. The molecule has 0 aliphatic heterocycles. The van der Waals surface area contributed by atoms with E-state index in [2.05, 4.69) is 22.2 Å². The van der Waals surface area contributed by atoms with Gasteiger partial charge < -0.3 is 10.3 Å². The lowest BCUT2D eigenvalue weighted by Crippen LogP contribution is -2.39. The van der Waals surface area contributed by atoms with Gasteiger partial charge in [-0.1, -0.05) is 6.92 Å². The molecule has 1 aliphatic carbocycles. The van der Waals surface area contributed by atoms with Gasteiger partial charge in [0.25, 0.3) is 5.56 Å². The SMILES string of the molecule is CC1CCC(NC(=O)C[S@](=O)Cc2nc(C(F)(F)F)cc(=O)[nH]2)CC1. The summed E-state index contributed by atoms with van der Waals surface area (Å²) in [6.07, 6.45) is -1.00. The third-order valence-corrected chi connectivity index (χ3v) is 5.23. The molecule has 6 nitrogen and oxygen atoms in total. The van der Waals surface area contributed by atoms with Crippen LogP contribution in [0, 0.1) is 5.92 Å². The zero-order chi connectivity index (χ0) is 18.6.